The summed E-state index contributed by atoms with van der Waals surface area (Å²) in [5, 5.41) is 17.2. The number of amides is 1. The second-order valence-electron chi connectivity index (χ2n) is 5.38. The zero-order valence-corrected chi connectivity index (χ0v) is 13.1. The van der Waals surface area contributed by atoms with Crippen LogP contribution in [0, 0.1) is 12.3 Å². The van der Waals surface area contributed by atoms with Crippen LogP contribution in [-0.2, 0) is 12.6 Å². The molecule has 0 aliphatic carbocycles. The minimum Gasteiger partial charge on any atom is -0.481 e. The highest BCUT2D eigenvalue weighted by Crippen LogP contribution is 2.19. The summed E-state index contributed by atoms with van der Waals surface area (Å²) in [4.78, 5) is 12.1. The van der Waals surface area contributed by atoms with Crippen LogP contribution in [0.25, 0.3) is 0 Å². The predicted octanol–water partition coefficient (Wildman–Crippen LogP) is 1.07. The lowest BCUT2D eigenvalue weighted by molar-refractivity contribution is 0.0526. The Kier molecular flexibility index (Phi) is 5.04. The molecule has 6 nitrogen and oxygen atoms in total. The monoisotopic (exact) mass is 313 g/mol. The van der Waals surface area contributed by atoms with Crippen LogP contribution in [0.1, 0.15) is 22.8 Å². The third-order valence-corrected chi connectivity index (χ3v) is 3.36. The molecule has 0 radical (unpaired) electrons. The van der Waals surface area contributed by atoms with Crippen LogP contribution in [0.3, 0.4) is 0 Å². The summed E-state index contributed by atoms with van der Waals surface area (Å²) in [6.07, 6.45) is 8.40. The Bertz CT molecular complexity index is 711. The molecular weight excluding hydrogens is 294 g/mol. The maximum absolute atomic E-state index is 12.1. The fourth-order valence-corrected chi connectivity index (χ4v) is 1.98. The Hall–Kier alpha value is -2.78. The van der Waals surface area contributed by atoms with Gasteiger partial charge in [-0.1, -0.05) is 5.92 Å². The minimum absolute atomic E-state index is 0.0763. The molecule has 1 atom stereocenters. The molecule has 2 rings (SSSR count). The Morgan fingerprint density at radius 2 is 2.17 bits per heavy atom. The molecule has 0 fully saturated rings. The first kappa shape index (κ1) is 16.6. The number of terminal acetylenes is 1. The van der Waals surface area contributed by atoms with Gasteiger partial charge in [-0.05, 0) is 31.2 Å². The second-order valence-corrected chi connectivity index (χ2v) is 5.38. The van der Waals surface area contributed by atoms with Crippen LogP contribution in [0.15, 0.2) is 36.7 Å². The Balaban J connectivity index is 1.95. The number of hydrogen-bond donors (Lipinski definition) is 2. The van der Waals surface area contributed by atoms with E-state index >= 15 is 0 Å². The summed E-state index contributed by atoms with van der Waals surface area (Å²) < 4.78 is 6.84. The van der Waals surface area contributed by atoms with E-state index in [4.69, 9.17) is 11.2 Å². The number of ether oxygens (including phenoxy) is 1. The van der Waals surface area contributed by atoms with Crippen molar-refractivity contribution in [3.8, 4) is 18.1 Å². The molecule has 0 aliphatic rings. The molecule has 0 bridgehead atoms. The summed E-state index contributed by atoms with van der Waals surface area (Å²) in [5.74, 6) is 2.69. The van der Waals surface area contributed by atoms with Crippen LogP contribution in [0.4, 0.5) is 0 Å². The van der Waals surface area contributed by atoms with Gasteiger partial charge in [0.1, 0.15) is 18.0 Å². The van der Waals surface area contributed by atoms with Gasteiger partial charge in [-0.2, -0.15) is 5.10 Å². The van der Waals surface area contributed by atoms with Crippen molar-refractivity contribution in [1.29, 1.82) is 0 Å². The van der Waals surface area contributed by atoms with Gasteiger partial charge in [0.25, 0.3) is 5.91 Å². The van der Waals surface area contributed by atoms with Gasteiger partial charge in [-0.3, -0.25) is 9.48 Å². The highest BCUT2D eigenvalue weighted by Gasteiger charge is 2.25. The van der Waals surface area contributed by atoms with Gasteiger partial charge in [-0.15, -0.1) is 6.42 Å². The first-order chi connectivity index (χ1) is 10.9. The molecule has 0 aliphatic heterocycles. The molecule has 1 aromatic carbocycles. The molecule has 2 N–H and O–H groups in total. The molecule has 120 valence electrons. The standard InChI is InChI=1S/C17H19N3O3/c1-4-9-23-15-7-5-13(6-8-15)16(21)18-12-17(2,22)14-10-19-20(3)11-14/h1,5-8,10-11,22H,9,12H2,2-3H3,(H,18,21)/t17-/m0/s1. The summed E-state index contributed by atoms with van der Waals surface area (Å²) in [6.45, 7) is 1.88. The number of rotatable bonds is 6. The number of aromatic nitrogens is 2. The number of carbonyl (C=O) groups is 1. The number of nitrogens with one attached hydrogen (secondary N) is 1. The Morgan fingerprint density at radius 1 is 1.48 bits per heavy atom. The first-order valence-corrected chi connectivity index (χ1v) is 7.08. The van der Waals surface area contributed by atoms with Gasteiger partial charge in [0, 0.05) is 24.4 Å². The molecule has 0 unspecified atom stereocenters. The van der Waals surface area contributed by atoms with E-state index in [0.717, 1.165) is 0 Å². The minimum atomic E-state index is -1.19. The van der Waals surface area contributed by atoms with E-state index in [-0.39, 0.29) is 19.1 Å². The van der Waals surface area contributed by atoms with Crippen molar-refractivity contribution in [1.82, 2.24) is 15.1 Å². The normalized spacial score (nSPS) is 13.0. The van der Waals surface area contributed by atoms with E-state index in [0.29, 0.717) is 16.9 Å². The third kappa shape index (κ3) is 4.34. The molecule has 2 aromatic rings. The number of hydrogen-bond acceptors (Lipinski definition) is 4. The van der Waals surface area contributed by atoms with Crippen LogP contribution in [-0.4, -0.2) is 33.9 Å². The van der Waals surface area contributed by atoms with Crippen LogP contribution < -0.4 is 10.1 Å². The van der Waals surface area contributed by atoms with E-state index < -0.39 is 5.60 Å². The molecule has 1 amide bonds. The third-order valence-electron chi connectivity index (χ3n) is 3.36. The predicted molar refractivity (Wildman–Crippen MR) is 85.9 cm³/mol. The van der Waals surface area contributed by atoms with Crippen LogP contribution >= 0.6 is 0 Å². The quantitative estimate of drug-likeness (QED) is 0.782. The van der Waals surface area contributed by atoms with E-state index in [1.807, 2.05) is 0 Å². The second kappa shape index (κ2) is 6.99. The number of nitrogens with zero attached hydrogens (tertiary/aromatic N) is 2. The molecule has 0 saturated heterocycles. The van der Waals surface area contributed by atoms with Crippen LogP contribution in [0.2, 0.25) is 0 Å². The molecule has 23 heavy (non-hydrogen) atoms. The number of aliphatic hydroxyl groups is 1. The number of carbonyl (C=O) groups excluding carboxylic acids is 1. The average Bonchev–Trinajstić information content (AvgIpc) is 2.98. The summed E-state index contributed by atoms with van der Waals surface area (Å²) in [5.41, 5.74) is -0.0851. The largest absolute Gasteiger partial charge is 0.481 e. The lowest BCUT2D eigenvalue weighted by Gasteiger charge is -2.22. The molecular formula is C17H19N3O3. The van der Waals surface area contributed by atoms with Gasteiger partial charge >= 0.3 is 0 Å². The highest BCUT2D eigenvalue weighted by atomic mass is 16.5. The molecule has 1 aromatic heterocycles. The SMILES string of the molecule is C#CCOc1ccc(C(=O)NC[C@](C)(O)c2cnn(C)c2)cc1. The van der Waals surface area contributed by atoms with Gasteiger partial charge in [0.05, 0.1) is 12.7 Å². The Morgan fingerprint density at radius 3 is 2.74 bits per heavy atom. The van der Waals surface area contributed by atoms with Gasteiger partial charge in [0.15, 0.2) is 0 Å². The van der Waals surface area contributed by atoms with Crippen molar-refractivity contribution in [3.05, 3.63) is 47.8 Å². The van der Waals surface area contributed by atoms with E-state index in [2.05, 4.69) is 16.3 Å². The summed E-state index contributed by atoms with van der Waals surface area (Å²) in [6, 6.07) is 6.62. The zero-order chi connectivity index (χ0) is 16.9. The number of benzene rings is 1. The fourth-order valence-electron chi connectivity index (χ4n) is 1.98. The van der Waals surface area contributed by atoms with Gasteiger partial charge in [0.2, 0.25) is 0 Å². The summed E-state index contributed by atoms with van der Waals surface area (Å²) >= 11 is 0. The van der Waals surface area contributed by atoms with E-state index in [9.17, 15) is 9.90 Å². The van der Waals surface area contributed by atoms with E-state index in [1.54, 1.807) is 55.3 Å². The highest BCUT2D eigenvalue weighted by molar-refractivity contribution is 5.94. The average molecular weight is 313 g/mol. The summed E-state index contributed by atoms with van der Waals surface area (Å²) in [7, 11) is 1.77. The van der Waals surface area contributed by atoms with Crippen molar-refractivity contribution in [3.63, 3.8) is 0 Å². The van der Waals surface area contributed by atoms with E-state index in [1.165, 1.54) is 0 Å². The van der Waals surface area contributed by atoms with Gasteiger partial charge < -0.3 is 15.2 Å². The van der Waals surface area contributed by atoms with Crippen molar-refractivity contribution < 1.29 is 14.6 Å². The topological polar surface area (TPSA) is 76.4 Å². The lowest BCUT2D eigenvalue weighted by Crippen LogP contribution is -2.38. The molecule has 0 spiro atoms. The zero-order valence-electron chi connectivity index (χ0n) is 13.1. The van der Waals surface area contributed by atoms with Crippen molar-refractivity contribution >= 4 is 5.91 Å². The van der Waals surface area contributed by atoms with Crippen molar-refractivity contribution in [2.45, 2.75) is 12.5 Å². The molecule has 6 heteroatoms. The smallest absolute Gasteiger partial charge is 0.251 e. The maximum atomic E-state index is 12.1. The first-order valence-electron chi connectivity index (χ1n) is 7.08. The number of aryl methyl sites for hydroxylation is 1. The van der Waals surface area contributed by atoms with Gasteiger partial charge in [-0.25, -0.2) is 0 Å². The fraction of sp³-hybridized carbons (Fsp3) is 0.294. The molecule has 1 heterocycles. The lowest BCUT2D eigenvalue weighted by atomic mass is 9.99. The van der Waals surface area contributed by atoms with Crippen molar-refractivity contribution in [2.24, 2.45) is 7.05 Å². The molecule has 0 saturated carbocycles. The maximum Gasteiger partial charge on any atom is 0.251 e. The van der Waals surface area contributed by atoms with Crippen LogP contribution in [0.5, 0.6) is 5.75 Å². The van der Waals surface area contributed by atoms with Crippen molar-refractivity contribution in [2.75, 3.05) is 13.2 Å². The Labute approximate surface area is 135 Å².